The maximum atomic E-state index is 13.0. The number of amides is 1. The standard InChI is InChI=1S/C16H24N4O4S2/c21-16(18-22)15-3-1-2-10-20(15)26(23,24)19-11-6-14(7-12-19)25-13-4-8-17-9-5-13/h4-5,8-9,14-15,22H,1-3,6-7,10-12H2,(H,18,21). The summed E-state index contributed by atoms with van der Waals surface area (Å²) in [4.78, 5) is 17.0. The molecule has 8 nitrogen and oxygen atoms in total. The van der Waals surface area contributed by atoms with Gasteiger partial charge in [0.1, 0.15) is 6.04 Å². The zero-order valence-electron chi connectivity index (χ0n) is 14.5. The van der Waals surface area contributed by atoms with Gasteiger partial charge in [0, 0.05) is 42.2 Å². The molecule has 1 amide bonds. The number of piperidine rings is 2. The van der Waals surface area contributed by atoms with Gasteiger partial charge < -0.3 is 0 Å². The summed E-state index contributed by atoms with van der Waals surface area (Å²) in [6, 6.07) is 3.09. The summed E-state index contributed by atoms with van der Waals surface area (Å²) in [5, 5.41) is 9.28. The fraction of sp³-hybridized carbons (Fsp3) is 0.625. The average molecular weight is 401 g/mol. The summed E-state index contributed by atoms with van der Waals surface area (Å²) in [6.45, 7) is 1.19. The second kappa shape index (κ2) is 8.66. The Hall–Kier alpha value is -1.20. The molecular formula is C16H24N4O4S2. The Morgan fingerprint density at radius 1 is 1.15 bits per heavy atom. The van der Waals surface area contributed by atoms with E-state index in [9.17, 15) is 13.2 Å². The molecule has 26 heavy (non-hydrogen) atoms. The number of pyridine rings is 1. The number of nitrogens with zero attached hydrogens (tertiary/aromatic N) is 3. The van der Waals surface area contributed by atoms with Crippen LogP contribution in [0.5, 0.6) is 0 Å². The van der Waals surface area contributed by atoms with Crippen LogP contribution in [-0.2, 0) is 15.0 Å². The summed E-state index contributed by atoms with van der Waals surface area (Å²) in [7, 11) is -3.71. The third-order valence-corrected chi connectivity index (χ3v) is 8.24. The molecule has 1 aromatic rings. The van der Waals surface area contributed by atoms with Crippen LogP contribution in [0.4, 0.5) is 0 Å². The fourth-order valence-corrected chi connectivity index (χ4v) is 6.42. The van der Waals surface area contributed by atoms with Crippen LogP contribution < -0.4 is 5.48 Å². The van der Waals surface area contributed by atoms with Crippen molar-refractivity contribution in [2.45, 2.75) is 48.3 Å². The number of rotatable bonds is 5. The largest absolute Gasteiger partial charge is 0.289 e. The minimum absolute atomic E-state index is 0.312. The van der Waals surface area contributed by atoms with Crippen LogP contribution in [0.15, 0.2) is 29.4 Å². The third-order valence-electron chi connectivity index (χ3n) is 4.84. The van der Waals surface area contributed by atoms with E-state index >= 15 is 0 Å². The number of carbonyl (C=O) groups is 1. The molecule has 0 aliphatic carbocycles. The van der Waals surface area contributed by atoms with E-state index in [4.69, 9.17) is 5.21 Å². The van der Waals surface area contributed by atoms with Gasteiger partial charge in [-0.15, -0.1) is 11.8 Å². The van der Waals surface area contributed by atoms with Crippen molar-refractivity contribution in [2.75, 3.05) is 19.6 Å². The highest BCUT2D eigenvalue weighted by atomic mass is 32.2. The summed E-state index contributed by atoms with van der Waals surface area (Å²) in [5.74, 6) is -0.656. The summed E-state index contributed by atoms with van der Waals surface area (Å²) in [6.07, 6.45) is 6.96. The Morgan fingerprint density at radius 2 is 1.85 bits per heavy atom. The Kier molecular flexibility index (Phi) is 6.51. The van der Waals surface area contributed by atoms with Gasteiger partial charge in [-0.3, -0.25) is 15.0 Å². The molecule has 10 heteroatoms. The summed E-state index contributed by atoms with van der Waals surface area (Å²) >= 11 is 1.75. The van der Waals surface area contributed by atoms with Crippen LogP contribution in [0.3, 0.4) is 0 Å². The van der Waals surface area contributed by atoms with Crippen molar-refractivity contribution in [3.05, 3.63) is 24.5 Å². The first-order valence-corrected chi connectivity index (χ1v) is 11.1. The van der Waals surface area contributed by atoms with E-state index in [0.29, 0.717) is 31.3 Å². The fourth-order valence-electron chi connectivity index (χ4n) is 3.46. The molecule has 0 aromatic carbocycles. The van der Waals surface area contributed by atoms with Gasteiger partial charge in [0.25, 0.3) is 16.1 Å². The van der Waals surface area contributed by atoms with Crippen molar-refractivity contribution in [1.82, 2.24) is 19.1 Å². The lowest BCUT2D eigenvalue weighted by atomic mass is 10.0. The monoisotopic (exact) mass is 400 g/mol. The van der Waals surface area contributed by atoms with Gasteiger partial charge in [-0.05, 0) is 37.8 Å². The van der Waals surface area contributed by atoms with Crippen molar-refractivity contribution >= 4 is 27.9 Å². The molecule has 1 aromatic heterocycles. The number of nitrogens with one attached hydrogen (secondary N) is 1. The highest BCUT2D eigenvalue weighted by Crippen LogP contribution is 2.32. The highest BCUT2D eigenvalue weighted by Gasteiger charge is 2.41. The molecule has 1 atom stereocenters. The lowest BCUT2D eigenvalue weighted by Crippen LogP contribution is -2.56. The molecule has 0 bridgehead atoms. The molecular weight excluding hydrogens is 376 g/mol. The van der Waals surface area contributed by atoms with Crippen LogP contribution in [0.25, 0.3) is 0 Å². The molecule has 0 radical (unpaired) electrons. The van der Waals surface area contributed by atoms with Crippen LogP contribution in [-0.4, -0.2) is 64.1 Å². The maximum absolute atomic E-state index is 13.0. The Bertz CT molecular complexity index is 708. The van der Waals surface area contributed by atoms with E-state index in [-0.39, 0.29) is 0 Å². The highest BCUT2D eigenvalue weighted by molar-refractivity contribution is 8.00. The second-order valence-corrected chi connectivity index (χ2v) is 9.76. The predicted octanol–water partition coefficient (Wildman–Crippen LogP) is 1.24. The molecule has 0 saturated carbocycles. The molecule has 3 heterocycles. The van der Waals surface area contributed by atoms with Crippen molar-refractivity contribution in [3.8, 4) is 0 Å². The van der Waals surface area contributed by atoms with E-state index in [1.54, 1.807) is 29.6 Å². The molecule has 2 aliphatic heterocycles. The van der Waals surface area contributed by atoms with Gasteiger partial charge in [0.05, 0.1) is 0 Å². The molecule has 1 unspecified atom stereocenters. The Labute approximate surface area is 158 Å². The molecule has 144 valence electrons. The average Bonchev–Trinajstić information content (AvgIpc) is 2.68. The van der Waals surface area contributed by atoms with E-state index in [0.717, 1.165) is 30.6 Å². The van der Waals surface area contributed by atoms with Crippen LogP contribution in [0.1, 0.15) is 32.1 Å². The van der Waals surface area contributed by atoms with Gasteiger partial charge in [-0.2, -0.15) is 17.0 Å². The van der Waals surface area contributed by atoms with Crippen molar-refractivity contribution in [2.24, 2.45) is 0 Å². The quantitative estimate of drug-likeness (QED) is 0.569. The first-order valence-electron chi connectivity index (χ1n) is 8.80. The van der Waals surface area contributed by atoms with E-state index in [2.05, 4.69) is 4.98 Å². The van der Waals surface area contributed by atoms with Crippen molar-refractivity contribution < 1.29 is 18.4 Å². The van der Waals surface area contributed by atoms with E-state index in [1.807, 2.05) is 12.1 Å². The molecule has 2 aliphatic rings. The zero-order valence-corrected chi connectivity index (χ0v) is 16.1. The molecule has 3 rings (SSSR count). The number of thioether (sulfide) groups is 1. The first-order chi connectivity index (χ1) is 12.5. The summed E-state index contributed by atoms with van der Waals surface area (Å²) in [5.41, 5.74) is 1.60. The van der Waals surface area contributed by atoms with Gasteiger partial charge in [-0.1, -0.05) is 6.42 Å². The van der Waals surface area contributed by atoms with Crippen LogP contribution in [0, 0.1) is 0 Å². The number of hydrogen-bond donors (Lipinski definition) is 2. The van der Waals surface area contributed by atoms with Gasteiger partial charge >= 0.3 is 0 Å². The zero-order chi connectivity index (χ0) is 18.6. The number of carbonyl (C=O) groups excluding carboxylic acids is 1. The van der Waals surface area contributed by atoms with Crippen molar-refractivity contribution in [3.63, 3.8) is 0 Å². The normalized spacial score (nSPS) is 23.7. The molecule has 2 N–H and O–H groups in total. The van der Waals surface area contributed by atoms with Gasteiger partial charge in [0.15, 0.2) is 0 Å². The predicted molar refractivity (Wildman–Crippen MR) is 97.9 cm³/mol. The lowest BCUT2D eigenvalue weighted by molar-refractivity contribution is -0.134. The first kappa shape index (κ1) is 19.6. The van der Waals surface area contributed by atoms with Crippen LogP contribution in [0.2, 0.25) is 0 Å². The second-order valence-electron chi connectivity index (χ2n) is 6.51. The molecule has 0 spiro atoms. The van der Waals surface area contributed by atoms with Crippen LogP contribution >= 0.6 is 11.8 Å². The number of hydroxylamine groups is 1. The number of aromatic nitrogens is 1. The minimum atomic E-state index is -3.71. The smallest absolute Gasteiger partial charge is 0.282 e. The Balaban J connectivity index is 1.62. The van der Waals surface area contributed by atoms with Crippen molar-refractivity contribution in [1.29, 1.82) is 0 Å². The van der Waals surface area contributed by atoms with E-state index in [1.165, 1.54) is 8.61 Å². The summed E-state index contributed by atoms with van der Waals surface area (Å²) < 4.78 is 28.7. The van der Waals surface area contributed by atoms with E-state index < -0.39 is 22.2 Å². The minimum Gasteiger partial charge on any atom is -0.289 e. The maximum Gasteiger partial charge on any atom is 0.282 e. The number of hydrogen-bond acceptors (Lipinski definition) is 6. The molecule has 2 saturated heterocycles. The Morgan fingerprint density at radius 3 is 2.50 bits per heavy atom. The topological polar surface area (TPSA) is 103 Å². The van der Waals surface area contributed by atoms with Gasteiger partial charge in [-0.25, -0.2) is 5.48 Å². The van der Waals surface area contributed by atoms with Gasteiger partial charge in [0.2, 0.25) is 0 Å². The third kappa shape index (κ3) is 4.37. The SMILES string of the molecule is O=C(NO)C1CCCCN1S(=O)(=O)N1CCC(Sc2ccncc2)CC1. The molecule has 2 fully saturated rings. The lowest BCUT2D eigenvalue weighted by Gasteiger charge is -2.39.